The number of likely N-dealkylation sites (N-methyl/N-ethyl adjacent to an activating group) is 1. The Kier molecular flexibility index (Phi) is 3.21. The van der Waals surface area contributed by atoms with E-state index in [2.05, 4.69) is 22.1 Å². The molecule has 5 nitrogen and oxygen atoms in total. The van der Waals surface area contributed by atoms with Gasteiger partial charge in [-0.1, -0.05) is 6.07 Å². The molecule has 0 aliphatic carbocycles. The van der Waals surface area contributed by atoms with Gasteiger partial charge in [0.05, 0.1) is 11.7 Å². The van der Waals surface area contributed by atoms with E-state index in [1.165, 1.54) is 0 Å². The highest BCUT2D eigenvalue weighted by Crippen LogP contribution is 2.15. The largest absolute Gasteiger partial charge is 0.337 e. The van der Waals surface area contributed by atoms with Crippen LogP contribution in [0.25, 0.3) is 10.9 Å². The zero-order valence-corrected chi connectivity index (χ0v) is 11.1. The van der Waals surface area contributed by atoms with Crippen LogP contribution in [-0.2, 0) is 0 Å². The zero-order chi connectivity index (χ0) is 13.2. The van der Waals surface area contributed by atoms with Gasteiger partial charge in [0.1, 0.15) is 0 Å². The lowest BCUT2D eigenvalue weighted by Gasteiger charge is -2.20. The summed E-state index contributed by atoms with van der Waals surface area (Å²) in [5.41, 5.74) is 1.65. The second kappa shape index (κ2) is 5.01. The SMILES string of the molecule is CN1CCCN(C(=O)c2ccc3cn[nH]c3c2)CC1. The van der Waals surface area contributed by atoms with Crippen LogP contribution >= 0.6 is 0 Å². The van der Waals surface area contributed by atoms with Crippen LogP contribution in [0.1, 0.15) is 16.8 Å². The molecule has 100 valence electrons. The molecule has 0 unspecified atom stereocenters. The smallest absolute Gasteiger partial charge is 0.253 e. The lowest BCUT2D eigenvalue weighted by Crippen LogP contribution is -2.34. The third-order valence-corrected chi connectivity index (χ3v) is 3.70. The Bertz CT molecular complexity index is 592. The number of nitrogens with one attached hydrogen (secondary N) is 1. The first-order valence-electron chi connectivity index (χ1n) is 6.65. The molecular formula is C14H18N4O. The van der Waals surface area contributed by atoms with Crippen LogP contribution in [0.15, 0.2) is 24.4 Å². The second-order valence-corrected chi connectivity index (χ2v) is 5.12. The van der Waals surface area contributed by atoms with E-state index < -0.39 is 0 Å². The van der Waals surface area contributed by atoms with Crippen LogP contribution in [0.5, 0.6) is 0 Å². The Morgan fingerprint density at radius 1 is 1.26 bits per heavy atom. The Morgan fingerprint density at radius 2 is 2.16 bits per heavy atom. The highest BCUT2D eigenvalue weighted by Gasteiger charge is 2.19. The molecule has 3 rings (SSSR count). The molecule has 1 amide bonds. The van der Waals surface area contributed by atoms with Crippen LogP contribution in [0.4, 0.5) is 0 Å². The van der Waals surface area contributed by atoms with E-state index in [1.54, 1.807) is 6.20 Å². The van der Waals surface area contributed by atoms with Crippen molar-refractivity contribution in [3.8, 4) is 0 Å². The Balaban J connectivity index is 1.82. The van der Waals surface area contributed by atoms with Gasteiger partial charge in [-0.25, -0.2) is 0 Å². The van der Waals surface area contributed by atoms with Crippen molar-refractivity contribution in [2.75, 3.05) is 33.2 Å². The second-order valence-electron chi connectivity index (χ2n) is 5.12. The number of hydrogen-bond donors (Lipinski definition) is 1. The molecule has 1 aromatic carbocycles. The molecule has 1 aromatic heterocycles. The molecule has 1 aliphatic rings. The van der Waals surface area contributed by atoms with Crippen molar-refractivity contribution in [2.45, 2.75) is 6.42 Å². The number of aromatic nitrogens is 2. The summed E-state index contributed by atoms with van der Waals surface area (Å²) in [6.45, 7) is 3.64. The average Bonchev–Trinajstić information content (AvgIpc) is 2.78. The van der Waals surface area contributed by atoms with Crippen molar-refractivity contribution >= 4 is 16.8 Å². The van der Waals surface area contributed by atoms with Crippen LogP contribution in [0, 0.1) is 0 Å². The first-order chi connectivity index (χ1) is 9.24. The maximum atomic E-state index is 12.5. The van der Waals surface area contributed by atoms with E-state index in [4.69, 9.17) is 0 Å². The fourth-order valence-electron chi connectivity index (χ4n) is 2.50. The molecule has 1 saturated heterocycles. The number of carbonyl (C=O) groups is 1. The lowest BCUT2D eigenvalue weighted by molar-refractivity contribution is 0.0763. The summed E-state index contributed by atoms with van der Waals surface area (Å²) in [5, 5.41) is 7.93. The summed E-state index contributed by atoms with van der Waals surface area (Å²) in [7, 11) is 2.10. The number of H-pyrrole nitrogens is 1. The number of benzene rings is 1. The fraction of sp³-hybridized carbons (Fsp3) is 0.429. The molecular weight excluding hydrogens is 240 g/mol. The number of amides is 1. The number of aromatic amines is 1. The summed E-state index contributed by atoms with van der Waals surface area (Å²) in [6, 6.07) is 5.71. The predicted octanol–water partition coefficient (Wildman–Crippen LogP) is 1.34. The van der Waals surface area contributed by atoms with Gasteiger partial charge in [-0.2, -0.15) is 5.10 Å². The molecule has 0 saturated carbocycles. The third kappa shape index (κ3) is 2.46. The quantitative estimate of drug-likeness (QED) is 0.840. The zero-order valence-electron chi connectivity index (χ0n) is 11.1. The van der Waals surface area contributed by atoms with E-state index in [0.717, 1.165) is 49.1 Å². The van der Waals surface area contributed by atoms with Gasteiger partial charge >= 0.3 is 0 Å². The number of nitrogens with zero attached hydrogens (tertiary/aromatic N) is 3. The number of rotatable bonds is 1. The molecule has 0 bridgehead atoms. The minimum absolute atomic E-state index is 0.117. The normalized spacial score (nSPS) is 17.6. The minimum atomic E-state index is 0.117. The van der Waals surface area contributed by atoms with Crippen LogP contribution in [-0.4, -0.2) is 59.1 Å². The molecule has 0 atom stereocenters. The minimum Gasteiger partial charge on any atom is -0.337 e. The summed E-state index contributed by atoms with van der Waals surface area (Å²) >= 11 is 0. The number of carbonyl (C=O) groups excluding carboxylic acids is 1. The van der Waals surface area contributed by atoms with Gasteiger partial charge in [0.25, 0.3) is 5.91 Å². The topological polar surface area (TPSA) is 52.2 Å². The molecule has 1 N–H and O–H groups in total. The van der Waals surface area contributed by atoms with E-state index in [-0.39, 0.29) is 5.91 Å². The number of fused-ring (bicyclic) bond motifs is 1. The Labute approximate surface area is 112 Å². The Morgan fingerprint density at radius 3 is 3.05 bits per heavy atom. The van der Waals surface area contributed by atoms with Crippen LogP contribution in [0.2, 0.25) is 0 Å². The van der Waals surface area contributed by atoms with Crippen LogP contribution in [0.3, 0.4) is 0 Å². The van der Waals surface area contributed by atoms with Crippen molar-refractivity contribution in [2.24, 2.45) is 0 Å². The molecule has 2 aromatic rings. The van der Waals surface area contributed by atoms with Gasteiger partial charge in [-0.15, -0.1) is 0 Å². The summed E-state index contributed by atoms with van der Waals surface area (Å²) in [4.78, 5) is 16.7. The van der Waals surface area contributed by atoms with Gasteiger partial charge in [0.15, 0.2) is 0 Å². The molecule has 5 heteroatoms. The van der Waals surface area contributed by atoms with Crippen molar-refractivity contribution in [3.63, 3.8) is 0 Å². The standard InChI is InChI=1S/C14H18N4O/c1-17-5-2-6-18(8-7-17)14(19)11-3-4-12-10-15-16-13(12)9-11/h3-4,9-10H,2,5-8H2,1H3,(H,15,16). The van der Waals surface area contributed by atoms with E-state index in [0.29, 0.717) is 0 Å². The maximum absolute atomic E-state index is 12.5. The molecule has 1 aliphatic heterocycles. The van der Waals surface area contributed by atoms with E-state index in [1.807, 2.05) is 23.1 Å². The first-order valence-corrected chi connectivity index (χ1v) is 6.65. The van der Waals surface area contributed by atoms with Gasteiger partial charge in [0.2, 0.25) is 0 Å². The molecule has 19 heavy (non-hydrogen) atoms. The van der Waals surface area contributed by atoms with Gasteiger partial charge in [-0.05, 0) is 32.1 Å². The van der Waals surface area contributed by atoms with E-state index in [9.17, 15) is 4.79 Å². The monoisotopic (exact) mass is 258 g/mol. The molecule has 2 heterocycles. The third-order valence-electron chi connectivity index (χ3n) is 3.70. The van der Waals surface area contributed by atoms with Crippen molar-refractivity contribution in [3.05, 3.63) is 30.0 Å². The highest BCUT2D eigenvalue weighted by atomic mass is 16.2. The van der Waals surface area contributed by atoms with Gasteiger partial charge in [0, 0.05) is 30.6 Å². The van der Waals surface area contributed by atoms with Crippen molar-refractivity contribution in [1.29, 1.82) is 0 Å². The lowest BCUT2D eigenvalue weighted by atomic mass is 10.1. The van der Waals surface area contributed by atoms with Crippen molar-refractivity contribution < 1.29 is 4.79 Å². The molecule has 0 radical (unpaired) electrons. The Hall–Kier alpha value is -1.88. The summed E-state index contributed by atoms with van der Waals surface area (Å²) in [5.74, 6) is 0.117. The fourth-order valence-corrected chi connectivity index (χ4v) is 2.50. The van der Waals surface area contributed by atoms with Crippen LogP contribution < -0.4 is 0 Å². The molecule has 0 spiro atoms. The average molecular weight is 258 g/mol. The van der Waals surface area contributed by atoms with Gasteiger partial charge < -0.3 is 9.80 Å². The summed E-state index contributed by atoms with van der Waals surface area (Å²) in [6.07, 6.45) is 2.80. The van der Waals surface area contributed by atoms with Crippen molar-refractivity contribution in [1.82, 2.24) is 20.0 Å². The molecule has 1 fully saturated rings. The van der Waals surface area contributed by atoms with Gasteiger partial charge in [-0.3, -0.25) is 9.89 Å². The number of hydrogen-bond acceptors (Lipinski definition) is 3. The van der Waals surface area contributed by atoms with E-state index >= 15 is 0 Å². The highest BCUT2D eigenvalue weighted by molar-refractivity contribution is 5.97. The predicted molar refractivity (Wildman–Crippen MR) is 74.1 cm³/mol. The first kappa shape index (κ1) is 12.2. The maximum Gasteiger partial charge on any atom is 0.253 e. The summed E-state index contributed by atoms with van der Waals surface area (Å²) < 4.78 is 0.